The van der Waals surface area contributed by atoms with Crippen LogP contribution in [0.15, 0.2) is 0 Å². The summed E-state index contributed by atoms with van der Waals surface area (Å²) in [7, 11) is 0. The van der Waals surface area contributed by atoms with Crippen LogP contribution in [0.1, 0.15) is 23.0 Å². The zero-order chi connectivity index (χ0) is 12.9. The van der Waals surface area contributed by atoms with Gasteiger partial charge in [-0.1, -0.05) is 78.3 Å². The van der Waals surface area contributed by atoms with Gasteiger partial charge >= 0.3 is 0 Å². The average molecular weight is 452 g/mol. The predicted molar refractivity (Wildman–Crippen MR) is 84.4 cm³/mol. The molecule has 0 N–H and O–H groups in total. The van der Waals surface area contributed by atoms with Gasteiger partial charge in [-0.25, -0.2) is 0 Å². The molecule has 0 radical (unpaired) electrons. The molecule has 6 atom stereocenters. The number of hydrogen-bond acceptors (Lipinski definition) is 0. The van der Waals surface area contributed by atoms with E-state index in [9.17, 15) is 0 Å². The maximum atomic E-state index is 6.41. The number of halogens is 6. The summed E-state index contributed by atoms with van der Waals surface area (Å²) in [6, 6.07) is 0. The molecule has 96 valence electrons. The van der Waals surface area contributed by atoms with Gasteiger partial charge in [0, 0.05) is 15.6 Å². The summed E-state index contributed by atoms with van der Waals surface area (Å²) >= 11 is 32.8. The Morgan fingerprint density at radius 1 is 0.611 bits per heavy atom. The molecule has 0 spiro atoms. The molecule has 4 bridgehead atoms. The molecule has 1 aromatic carbocycles. The molecule has 0 nitrogen and oxygen atoms in total. The Morgan fingerprint density at radius 2 is 1.00 bits per heavy atom. The van der Waals surface area contributed by atoms with Gasteiger partial charge in [0.25, 0.3) is 0 Å². The number of alkyl halides is 2. The summed E-state index contributed by atoms with van der Waals surface area (Å²) in [6.07, 6.45) is 0. The molecule has 5 rings (SSSR count). The van der Waals surface area contributed by atoms with Crippen LogP contribution in [0.4, 0.5) is 0 Å². The fourth-order valence-corrected chi connectivity index (χ4v) is 7.95. The summed E-state index contributed by atoms with van der Waals surface area (Å²) in [5.74, 6) is 2.11. The Hall–Kier alpha value is 1.34. The van der Waals surface area contributed by atoms with Gasteiger partial charge in [0.1, 0.15) is 0 Å². The van der Waals surface area contributed by atoms with Crippen molar-refractivity contribution in [1.82, 2.24) is 0 Å². The third-order valence-corrected chi connectivity index (χ3v) is 8.75. The quantitative estimate of drug-likeness (QED) is 0.248. The first-order valence-electron chi connectivity index (χ1n) is 5.60. The number of benzene rings is 1. The van der Waals surface area contributed by atoms with Crippen molar-refractivity contribution in [3.63, 3.8) is 0 Å². The first-order valence-corrected chi connectivity index (χ1v) is 8.95. The van der Waals surface area contributed by atoms with E-state index < -0.39 is 0 Å². The smallest absolute Gasteiger partial charge is 0.0796 e. The van der Waals surface area contributed by atoms with Crippen LogP contribution in [-0.2, 0) is 0 Å². The topological polar surface area (TPSA) is 0 Å². The first-order chi connectivity index (χ1) is 8.46. The van der Waals surface area contributed by atoms with Gasteiger partial charge in [0.05, 0.1) is 20.1 Å². The predicted octanol–water partition coefficient (Wildman–Crippen LogP) is 6.27. The Kier molecular flexibility index (Phi) is 2.86. The molecule has 2 saturated carbocycles. The molecule has 2 unspecified atom stereocenters. The number of rotatable bonds is 0. The third kappa shape index (κ3) is 1.31. The lowest BCUT2D eigenvalue weighted by Crippen LogP contribution is -2.27. The Labute approximate surface area is 142 Å². The van der Waals surface area contributed by atoms with Crippen molar-refractivity contribution < 1.29 is 0 Å². The monoisotopic (exact) mass is 448 g/mol. The van der Waals surface area contributed by atoms with E-state index in [1.807, 2.05) is 0 Å². The molecular weight excluding hydrogens is 446 g/mol. The molecule has 0 heterocycles. The van der Waals surface area contributed by atoms with E-state index in [4.69, 9.17) is 46.4 Å². The van der Waals surface area contributed by atoms with E-state index >= 15 is 0 Å². The van der Waals surface area contributed by atoms with Crippen LogP contribution in [-0.4, -0.2) is 9.65 Å². The second-order valence-corrected chi connectivity index (χ2v) is 8.80. The van der Waals surface area contributed by atoms with Crippen LogP contribution >= 0.6 is 78.3 Å². The van der Waals surface area contributed by atoms with Crippen molar-refractivity contribution >= 4 is 78.3 Å². The van der Waals surface area contributed by atoms with Gasteiger partial charge in [0.15, 0.2) is 0 Å². The van der Waals surface area contributed by atoms with Crippen molar-refractivity contribution in [2.24, 2.45) is 11.8 Å². The van der Waals surface area contributed by atoms with E-state index in [1.165, 1.54) is 0 Å². The van der Waals surface area contributed by atoms with Crippen molar-refractivity contribution in [3.05, 3.63) is 31.2 Å². The molecular formula is C12H6Br2Cl4. The highest BCUT2D eigenvalue weighted by atomic mass is 79.9. The van der Waals surface area contributed by atoms with Crippen molar-refractivity contribution in [3.8, 4) is 0 Å². The summed E-state index contributed by atoms with van der Waals surface area (Å²) < 4.78 is 0. The summed E-state index contributed by atoms with van der Waals surface area (Å²) in [5.41, 5.74) is 2.23. The molecule has 18 heavy (non-hydrogen) atoms. The lowest BCUT2D eigenvalue weighted by molar-refractivity contribution is 0.580. The molecule has 4 aliphatic carbocycles. The van der Waals surface area contributed by atoms with E-state index in [1.54, 1.807) is 0 Å². The fourth-order valence-electron chi connectivity index (χ4n) is 3.86. The van der Waals surface area contributed by atoms with Gasteiger partial charge in [-0.2, -0.15) is 0 Å². The minimum Gasteiger partial charge on any atom is -0.0880 e. The van der Waals surface area contributed by atoms with Crippen LogP contribution < -0.4 is 0 Å². The van der Waals surface area contributed by atoms with Crippen LogP contribution in [0, 0.1) is 11.8 Å². The molecule has 4 aliphatic rings. The summed E-state index contributed by atoms with van der Waals surface area (Å²) in [6.45, 7) is 0. The van der Waals surface area contributed by atoms with Gasteiger partial charge in [-0.3, -0.25) is 0 Å². The molecule has 0 saturated heterocycles. The maximum Gasteiger partial charge on any atom is 0.0796 e. The van der Waals surface area contributed by atoms with Crippen LogP contribution in [0.5, 0.6) is 0 Å². The van der Waals surface area contributed by atoms with E-state index in [2.05, 4.69) is 31.9 Å². The van der Waals surface area contributed by atoms with E-state index in [0.717, 1.165) is 11.1 Å². The van der Waals surface area contributed by atoms with Gasteiger partial charge in [-0.05, 0) is 28.9 Å². The Morgan fingerprint density at radius 3 is 1.44 bits per heavy atom. The minimum absolute atomic E-state index is 0.333. The second-order valence-electron chi connectivity index (χ2n) is 5.18. The second kappa shape index (κ2) is 3.96. The highest BCUT2D eigenvalue weighted by Gasteiger charge is 2.71. The van der Waals surface area contributed by atoms with Crippen molar-refractivity contribution in [2.45, 2.75) is 21.5 Å². The standard InChI is InChI=1S/C12H6Br2Cl4/c13-7-2-1-3(2)8(14)6(7)5-4(1)9(15)11(17)12(18)10(5)16/h1-3,6-8H/t1?,2-,3+,6?,7-,8-/m1/s1. The summed E-state index contributed by atoms with van der Waals surface area (Å²) in [4.78, 5) is 0.908. The SMILES string of the molecule is Clc1c(Cl)c(Cl)c2c(c1Cl)C1[C@@H]3[C@H]1[C@@H](Br)C2[C@@H]3Br. The van der Waals surface area contributed by atoms with Gasteiger partial charge in [-0.15, -0.1) is 0 Å². The zero-order valence-corrected chi connectivity index (χ0v) is 14.9. The highest BCUT2D eigenvalue weighted by Crippen LogP contribution is 2.77. The van der Waals surface area contributed by atoms with Crippen LogP contribution in [0.3, 0.4) is 0 Å². The van der Waals surface area contributed by atoms with Crippen LogP contribution in [0.25, 0.3) is 0 Å². The molecule has 1 aromatic rings. The van der Waals surface area contributed by atoms with E-state index in [0.29, 0.717) is 53.4 Å². The van der Waals surface area contributed by atoms with Crippen LogP contribution in [0.2, 0.25) is 20.1 Å². The fraction of sp³-hybridized carbons (Fsp3) is 0.500. The largest absolute Gasteiger partial charge is 0.0880 e. The lowest BCUT2D eigenvalue weighted by atomic mass is 9.79. The zero-order valence-electron chi connectivity index (χ0n) is 8.73. The Balaban J connectivity index is 2.06. The minimum atomic E-state index is 0.333. The molecule has 2 fully saturated rings. The molecule has 6 heteroatoms. The maximum absolute atomic E-state index is 6.41. The third-order valence-electron chi connectivity index (χ3n) is 4.56. The lowest BCUT2D eigenvalue weighted by Gasteiger charge is -2.34. The van der Waals surface area contributed by atoms with Crippen molar-refractivity contribution in [2.75, 3.05) is 0 Å². The van der Waals surface area contributed by atoms with Crippen molar-refractivity contribution in [1.29, 1.82) is 0 Å². The Bertz CT molecular complexity index is 568. The summed E-state index contributed by atoms with van der Waals surface area (Å²) in [5, 5.41) is 1.95. The molecule has 0 aliphatic heterocycles. The number of hydrogen-bond donors (Lipinski definition) is 0. The first kappa shape index (κ1) is 13.0. The van der Waals surface area contributed by atoms with Gasteiger partial charge in [0.2, 0.25) is 0 Å². The average Bonchev–Trinajstić information content (AvgIpc) is 3.04. The molecule has 0 aromatic heterocycles. The van der Waals surface area contributed by atoms with Gasteiger partial charge < -0.3 is 0 Å². The normalized spacial score (nSPS) is 43.0. The van der Waals surface area contributed by atoms with E-state index in [-0.39, 0.29) is 0 Å². The highest BCUT2D eigenvalue weighted by molar-refractivity contribution is 9.10. The molecule has 0 amide bonds.